The fraction of sp³-hybridized carbons (Fsp3) is 0.136. The van der Waals surface area contributed by atoms with Crippen LogP contribution in [0.2, 0.25) is 0 Å². The van der Waals surface area contributed by atoms with Crippen LogP contribution in [0.1, 0.15) is 17.4 Å². The minimum atomic E-state index is -0.204. The van der Waals surface area contributed by atoms with Crippen molar-refractivity contribution in [2.75, 3.05) is 5.75 Å². The first kappa shape index (κ1) is 21.0. The maximum absolute atomic E-state index is 12.4. The van der Waals surface area contributed by atoms with Crippen LogP contribution < -0.4 is 5.43 Å². The second kappa shape index (κ2) is 9.67. The van der Waals surface area contributed by atoms with Crippen molar-refractivity contribution in [3.8, 4) is 17.1 Å². The van der Waals surface area contributed by atoms with Crippen molar-refractivity contribution in [3.05, 3.63) is 76.7 Å². The fourth-order valence-corrected chi connectivity index (χ4v) is 4.25. The molecule has 4 aromatic rings. The van der Waals surface area contributed by atoms with E-state index in [1.165, 1.54) is 11.8 Å². The van der Waals surface area contributed by atoms with Crippen molar-refractivity contribution >= 4 is 34.7 Å². The molecule has 4 rings (SSSR count). The number of aryl methyl sites for hydroxylation is 1. The number of carbonyl (C=O) groups excluding carboxylic acids is 1. The number of pyridine rings is 1. The lowest BCUT2D eigenvalue weighted by atomic mass is 10.2. The van der Waals surface area contributed by atoms with E-state index in [0.29, 0.717) is 11.0 Å². The van der Waals surface area contributed by atoms with Crippen LogP contribution in [-0.2, 0) is 4.79 Å². The highest BCUT2D eigenvalue weighted by Crippen LogP contribution is 2.27. The average Bonchev–Trinajstić information content (AvgIpc) is 3.48. The molecule has 7 nitrogen and oxygen atoms in total. The maximum Gasteiger partial charge on any atom is 0.250 e. The van der Waals surface area contributed by atoms with Crippen molar-refractivity contribution < 1.29 is 4.79 Å². The van der Waals surface area contributed by atoms with Gasteiger partial charge < -0.3 is 0 Å². The highest BCUT2D eigenvalue weighted by Gasteiger charge is 2.17. The van der Waals surface area contributed by atoms with Gasteiger partial charge in [-0.1, -0.05) is 35.5 Å². The number of thiophene rings is 1. The van der Waals surface area contributed by atoms with E-state index in [1.807, 2.05) is 72.3 Å². The van der Waals surface area contributed by atoms with E-state index in [-0.39, 0.29) is 11.7 Å². The smallest absolute Gasteiger partial charge is 0.250 e. The minimum absolute atomic E-state index is 0.168. The Morgan fingerprint density at radius 2 is 1.90 bits per heavy atom. The summed E-state index contributed by atoms with van der Waals surface area (Å²) < 4.78 is 1.95. The molecule has 0 bridgehead atoms. The normalized spacial score (nSPS) is 11.5. The third-order valence-electron chi connectivity index (χ3n) is 4.42. The zero-order valence-electron chi connectivity index (χ0n) is 17.0. The SMILES string of the molecule is C/C(=N\NC(=O)CSc1nnc(-c2ccncc2)n1-c1ccc(C)cc1)c1cccs1. The van der Waals surface area contributed by atoms with Crippen LogP contribution in [0.5, 0.6) is 0 Å². The van der Waals surface area contributed by atoms with E-state index in [4.69, 9.17) is 0 Å². The van der Waals surface area contributed by atoms with Gasteiger partial charge in [0.25, 0.3) is 5.91 Å². The van der Waals surface area contributed by atoms with E-state index >= 15 is 0 Å². The lowest BCUT2D eigenvalue weighted by Crippen LogP contribution is -2.21. The summed E-state index contributed by atoms with van der Waals surface area (Å²) in [6.45, 7) is 3.91. The Balaban J connectivity index is 1.54. The molecule has 0 radical (unpaired) electrons. The molecule has 0 unspecified atom stereocenters. The lowest BCUT2D eigenvalue weighted by molar-refractivity contribution is -0.118. The third kappa shape index (κ3) is 5.07. The molecule has 0 saturated heterocycles. The predicted octanol–water partition coefficient (Wildman–Crippen LogP) is 4.33. The summed E-state index contributed by atoms with van der Waals surface area (Å²) in [4.78, 5) is 17.5. The summed E-state index contributed by atoms with van der Waals surface area (Å²) in [6.07, 6.45) is 3.44. The Bertz CT molecular complexity index is 1180. The predicted molar refractivity (Wildman–Crippen MR) is 125 cm³/mol. The summed E-state index contributed by atoms with van der Waals surface area (Å²) in [5.74, 6) is 0.659. The van der Waals surface area contributed by atoms with Crippen LogP contribution in [0.3, 0.4) is 0 Å². The molecule has 9 heteroatoms. The molecule has 0 aliphatic carbocycles. The summed E-state index contributed by atoms with van der Waals surface area (Å²) >= 11 is 2.89. The molecule has 1 N–H and O–H groups in total. The Morgan fingerprint density at radius 1 is 1.13 bits per heavy atom. The zero-order chi connectivity index (χ0) is 21.6. The second-order valence-corrected chi connectivity index (χ2v) is 8.60. The third-order valence-corrected chi connectivity index (χ3v) is 6.33. The number of aromatic nitrogens is 4. The molecule has 156 valence electrons. The number of hydrogen-bond donors (Lipinski definition) is 1. The van der Waals surface area contributed by atoms with Gasteiger partial charge in [-0.05, 0) is 49.6 Å². The molecule has 3 heterocycles. The molecule has 3 aromatic heterocycles. The van der Waals surface area contributed by atoms with Gasteiger partial charge >= 0.3 is 0 Å². The minimum Gasteiger partial charge on any atom is -0.272 e. The number of hydrazone groups is 1. The monoisotopic (exact) mass is 448 g/mol. The van der Waals surface area contributed by atoms with Crippen molar-refractivity contribution in [1.29, 1.82) is 0 Å². The lowest BCUT2D eigenvalue weighted by Gasteiger charge is -2.10. The number of carbonyl (C=O) groups is 1. The summed E-state index contributed by atoms with van der Waals surface area (Å²) in [7, 11) is 0. The highest BCUT2D eigenvalue weighted by molar-refractivity contribution is 7.99. The van der Waals surface area contributed by atoms with Crippen LogP contribution >= 0.6 is 23.1 Å². The largest absolute Gasteiger partial charge is 0.272 e. The molecule has 1 aromatic carbocycles. The van der Waals surface area contributed by atoms with Crippen molar-refractivity contribution in [1.82, 2.24) is 25.2 Å². The molecule has 0 spiro atoms. The number of benzene rings is 1. The zero-order valence-corrected chi connectivity index (χ0v) is 18.7. The Morgan fingerprint density at radius 3 is 2.61 bits per heavy atom. The number of hydrogen-bond acceptors (Lipinski definition) is 7. The Kier molecular flexibility index (Phi) is 6.54. The van der Waals surface area contributed by atoms with Gasteiger partial charge in [0.1, 0.15) is 0 Å². The van der Waals surface area contributed by atoms with E-state index in [2.05, 4.69) is 25.7 Å². The molecule has 0 fully saturated rings. The number of nitrogens with one attached hydrogen (secondary N) is 1. The topological polar surface area (TPSA) is 85.1 Å². The number of nitrogens with zero attached hydrogens (tertiary/aromatic N) is 5. The number of rotatable bonds is 7. The van der Waals surface area contributed by atoms with Crippen LogP contribution in [-0.4, -0.2) is 37.1 Å². The Labute approximate surface area is 188 Å². The van der Waals surface area contributed by atoms with Gasteiger partial charge in [0.2, 0.25) is 0 Å². The first-order chi connectivity index (χ1) is 15.1. The molecular weight excluding hydrogens is 428 g/mol. The standard InChI is InChI=1S/C22H20N6OS2/c1-15-5-7-18(8-6-15)28-21(17-9-11-23-12-10-17)26-27-22(28)31-14-20(29)25-24-16(2)19-4-3-13-30-19/h3-13H,14H2,1-2H3,(H,25,29)/b24-16+. The van der Waals surface area contributed by atoms with Crippen LogP contribution in [0.4, 0.5) is 0 Å². The quantitative estimate of drug-likeness (QED) is 0.258. The average molecular weight is 449 g/mol. The number of amides is 1. The van der Waals surface area contributed by atoms with Crippen molar-refractivity contribution in [3.63, 3.8) is 0 Å². The maximum atomic E-state index is 12.4. The van der Waals surface area contributed by atoms with Crippen LogP contribution in [0.25, 0.3) is 17.1 Å². The van der Waals surface area contributed by atoms with Gasteiger partial charge in [-0.3, -0.25) is 14.3 Å². The van der Waals surface area contributed by atoms with Crippen LogP contribution in [0.15, 0.2) is 76.6 Å². The van der Waals surface area contributed by atoms with E-state index in [0.717, 1.165) is 27.4 Å². The molecule has 1 amide bonds. The first-order valence-electron chi connectivity index (χ1n) is 9.54. The molecule has 0 atom stereocenters. The summed E-state index contributed by atoms with van der Waals surface area (Å²) in [5.41, 5.74) is 6.38. The summed E-state index contributed by atoms with van der Waals surface area (Å²) in [6, 6.07) is 15.8. The van der Waals surface area contributed by atoms with E-state index in [9.17, 15) is 4.79 Å². The molecular formula is C22H20N6OS2. The van der Waals surface area contributed by atoms with Crippen molar-refractivity contribution in [2.45, 2.75) is 19.0 Å². The summed E-state index contributed by atoms with van der Waals surface area (Å²) in [5, 5.41) is 15.5. The fourth-order valence-electron chi connectivity index (χ4n) is 2.83. The molecule has 31 heavy (non-hydrogen) atoms. The second-order valence-electron chi connectivity index (χ2n) is 6.71. The van der Waals surface area contributed by atoms with Gasteiger partial charge in [0, 0.05) is 28.5 Å². The number of thioether (sulfide) groups is 1. The van der Waals surface area contributed by atoms with Gasteiger partial charge in [-0.2, -0.15) is 5.10 Å². The van der Waals surface area contributed by atoms with Crippen LogP contribution in [0, 0.1) is 6.92 Å². The first-order valence-corrected chi connectivity index (χ1v) is 11.4. The Hall–Kier alpha value is -3.30. The van der Waals surface area contributed by atoms with Gasteiger partial charge in [0.05, 0.1) is 11.5 Å². The van der Waals surface area contributed by atoms with Crippen molar-refractivity contribution in [2.24, 2.45) is 5.10 Å². The molecule has 0 saturated carbocycles. The van der Waals surface area contributed by atoms with Gasteiger partial charge in [-0.15, -0.1) is 21.5 Å². The van der Waals surface area contributed by atoms with E-state index < -0.39 is 0 Å². The van der Waals surface area contributed by atoms with Gasteiger partial charge in [0.15, 0.2) is 11.0 Å². The molecule has 0 aliphatic rings. The van der Waals surface area contributed by atoms with Gasteiger partial charge in [-0.25, -0.2) is 5.43 Å². The van der Waals surface area contributed by atoms with E-state index in [1.54, 1.807) is 23.7 Å². The molecule has 0 aliphatic heterocycles. The highest BCUT2D eigenvalue weighted by atomic mass is 32.2.